The molecular weight excluding hydrogens is 309 g/mol. The van der Waals surface area contributed by atoms with Gasteiger partial charge in [-0.1, -0.05) is 6.92 Å². The van der Waals surface area contributed by atoms with Gasteiger partial charge in [-0.15, -0.1) is 13.2 Å². The van der Waals surface area contributed by atoms with Gasteiger partial charge in [-0.05, 0) is 30.2 Å². The van der Waals surface area contributed by atoms with Crippen LogP contribution in [-0.4, -0.2) is 38.2 Å². The molecule has 1 heterocycles. The smallest absolute Gasteiger partial charge is 0.406 e. The van der Waals surface area contributed by atoms with Gasteiger partial charge in [-0.3, -0.25) is 0 Å². The van der Waals surface area contributed by atoms with E-state index in [9.17, 15) is 21.6 Å². The molecule has 2 atom stereocenters. The van der Waals surface area contributed by atoms with Crippen molar-refractivity contribution in [1.29, 1.82) is 0 Å². The third kappa shape index (κ3) is 3.66. The van der Waals surface area contributed by atoms with E-state index in [0.29, 0.717) is 6.54 Å². The quantitative estimate of drug-likeness (QED) is 0.916. The van der Waals surface area contributed by atoms with Crippen LogP contribution < -0.4 is 10.5 Å². The standard InChI is InChI=1S/C12H15F3N2O3S/c1-8-6-17(7-11(8)16)21(18,19)10-4-2-9(3-5-10)20-12(13,14)15/h2-5,8,11H,6-7,16H2,1H3. The molecule has 0 aliphatic carbocycles. The average molecular weight is 324 g/mol. The zero-order valence-corrected chi connectivity index (χ0v) is 12.0. The van der Waals surface area contributed by atoms with Gasteiger partial charge in [-0.25, -0.2) is 8.42 Å². The lowest BCUT2D eigenvalue weighted by molar-refractivity contribution is -0.274. The van der Waals surface area contributed by atoms with Gasteiger partial charge in [-0.2, -0.15) is 4.31 Å². The van der Waals surface area contributed by atoms with E-state index < -0.39 is 22.1 Å². The van der Waals surface area contributed by atoms with Gasteiger partial charge < -0.3 is 10.5 Å². The highest BCUT2D eigenvalue weighted by molar-refractivity contribution is 7.89. The van der Waals surface area contributed by atoms with Crippen molar-refractivity contribution in [2.45, 2.75) is 24.2 Å². The minimum atomic E-state index is -4.81. The van der Waals surface area contributed by atoms with Gasteiger partial charge >= 0.3 is 6.36 Å². The van der Waals surface area contributed by atoms with Crippen LogP contribution in [0.3, 0.4) is 0 Å². The molecule has 1 fully saturated rings. The van der Waals surface area contributed by atoms with Crippen LogP contribution in [0.25, 0.3) is 0 Å². The van der Waals surface area contributed by atoms with Crippen LogP contribution in [0.4, 0.5) is 13.2 Å². The van der Waals surface area contributed by atoms with Crippen molar-refractivity contribution in [3.8, 4) is 5.75 Å². The van der Waals surface area contributed by atoms with Crippen molar-refractivity contribution in [2.75, 3.05) is 13.1 Å². The maximum Gasteiger partial charge on any atom is 0.573 e. The summed E-state index contributed by atoms with van der Waals surface area (Å²) in [5, 5.41) is 0. The van der Waals surface area contributed by atoms with E-state index in [1.54, 1.807) is 0 Å². The molecule has 2 unspecified atom stereocenters. The lowest BCUT2D eigenvalue weighted by atomic mass is 10.1. The van der Waals surface area contributed by atoms with Crippen molar-refractivity contribution < 1.29 is 26.3 Å². The van der Waals surface area contributed by atoms with E-state index in [1.165, 1.54) is 4.31 Å². The predicted molar refractivity (Wildman–Crippen MR) is 69.0 cm³/mol. The summed E-state index contributed by atoms with van der Waals surface area (Å²) in [4.78, 5) is -0.0849. The number of nitrogens with zero attached hydrogens (tertiary/aromatic N) is 1. The van der Waals surface area contributed by atoms with E-state index in [-0.39, 0.29) is 23.4 Å². The lowest BCUT2D eigenvalue weighted by Crippen LogP contribution is -2.32. The van der Waals surface area contributed by atoms with Crippen molar-refractivity contribution in [3.05, 3.63) is 24.3 Å². The second kappa shape index (κ2) is 5.47. The van der Waals surface area contributed by atoms with Crippen molar-refractivity contribution >= 4 is 10.0 Å². The summed E-state index contributed by atoms with van der Waals surface area (Å²) in [5.41, 5.74) is 5.79. The monoisotopic (exact) mass is 324 g/mol. The number of hydrogen-bond donors (Lipinski definition) is 1. The van der Waals surface area contributed by atoms with Gasteiger partial charge in [0.15, 0.2) is 0 Å². The summed E-state index contributed by atoms with van der Waals surface area (Å²) in [6.45, 7) is 2.34. The first-order chi connectivity index (χ1) is 9.59. The normalized spacial score (nSPS) is 24.2. The zero-order valence-electron chi connectivity index (χ0n) is 11.2. The van der Waals surface area contributed by atoms with E-state index in [2.05, 4.69) is 4.74 Å². The van der Waals surface area contributed by atoms with Crippen LogP contribution in [0.2, 0.25) is 0 Å². The number of halogens is 3. The Bertz CT molecular complexity index is 591. The highest BCUT2D eigenvalue weighted by Crippen LogP contribution is 2.27. The number of benzene rings is 1. The molecule has 9 heteroatoms. The number of rotatable bonds is 3. The fourth-order valence-electron chi connectivity index (χ4n) is 2.10. The summed E-state index contributed by atoms with van der Waals surface area (Å²) in [5.74, 6) is -0.430. The predicted octanol–water partition coefficient (Wildman–Crippen LogP) is 1.55. The first-order valence-corrected chi connectivity index (χ1v) is 7.65. The lowest BCUT2D eigenvalue weighted by Gasteiger charge is -2.16. The molecule has 5 nitrogen and oxygen atoms in total. The molecule has 1 aliphatic heterocycles. The topological polar surface area (TPSA) is 72.6 Å². The third-order valence-corrected chi connectivity index (χ3v) is 5.18. The SMILES string of the molecule is CC1CN(S(=O)(=O)c2ccc(OC(F)(F)F)cc2)CC1N. The van der Waals surface area contributed by atoms with Crippen LogP contribution in [0.1, 0.15) is 6.92 Å². The van der Waals surface area contributed by atoms with Crippen LogP contribution >= 0.6 is 0 Å². The second-order valence-electron chi connectivity index (χ2n) is 4.98. The third-order valence-electron chi connectivity index (χ3n) is 3.33. The number of hydrogen-bond acceptors (Lipinski definition) is 4. The number of ether oxygens (including phenoxy) is 1. The molecule has 1 aromatic carbocycles. The fraction of sp³-hybridized carbons (Fsp3) is 0.500. The Labute approximate surface area is 120 Å². The summed E-state index contributed by atoms with van der Waals surface area (Å²) in [6, 6.07) is 3.88. The van der Waals surface area contributed by atoms with Crippen molar-refractivity contribution in [1.82, 2.24) is 4.31 Å². The molecule has 0 bridgehead atoms. The van der Waals surface area contributed by atoms with Gasteiger partial charge in [0, 0.05) is 19.1 Å². The van der Waals surface area contributed by atoms with Crippen molar-refractivity contribution in [2.24, 2.45) is 11.7 Å². The number of nitrogens with two attached hydrogens (primary N) is 1. The van der Waals surface area contributed by atoms with Crippen LogP contribution in [0, 0.1) is 5.92 Å². The van der Waals surface area contributed by atoms with Gasteiger partial charge in [0.25, 0.3) is 0 Å². The highest BCUT2D eigenvalue weighted by atomic mass is 32.2. The zero-order chi connectivity index (χ0) is 15.8. The molecule has 118 valence electrons. The Morgan fingerprint density at radius 3 is 2.24 bits per heavy atom. The Balaban J connectivity index is 2.18. The molecule has 1 aliphatic rings. The highest BCUT2D eigenvalue weighted by Gasteiger charge is 2.35. The van der Waals surface area contributed by atoms with E-state index in [4.69, 9.17) is 5.73 Å². The minimum Gasteiger partial charge on any atom is -0.406 e. The van der Waals surface area contributed by atoms with E-state index in [1.807, 2.05) is 6.92 Å². The minimum absolute atomic E-state index is 0.0348. The first kappa shape index (κ1) is 16.1. The van der Waals surface area contributed by atoms with E-state index in [0.717, 1.165) is 24.3 Å². The van der Waals surface area contributed by atoms with Gasteiger partial charge in [0.05, 0.1) is 4.90 Å². The van der Waals surface area contributed by atoms with Gasteiger partial charge in [0.1, 0.15) is 5.75 Å². The molecule has 0 spiro atoms. The molecule has 0 radical (unpaired) electrons. The van der Waals surface area contributed by atoms with Crippen LogP contribution in [0.15, 0.2) is 29.2 Å². The average Bonchev–Trinajstić information content (AvgIpc) is 2.69. The summed E-state index contributed by atoms with van der Waals surface area (Å²) >= 11 is 0. The molecule has 0 saturated carbocycles. The fourth-order valence-corrected chi connectivity index (χ4v) is 3.68. The molecule has 21 heavy (non-hydrogen) atoms. The second-order valence-corrected chi connectivity index (χ2v) is 6.92. The first-order valence-electron chi connectivity index (χ1n) is 6.21. The molecule has 2 N–H and O–H groups in total. The number of sulfonamides is 1. The molecule has 0 aromatic heterocycles. The number of alkyl halides is 3. The maximum atomic E-state index is 12.3. The Kier molecular flexibility index (Phi) is 4.18. The summed E-state index contributed by atoms with van der Waals surface area (Å²) < 4.78 is 65.7. The largest absolute Gasteiger partial charge is 0.573 e. The van der Waals surface area contributed by atoms with Crippen molar-refractivity contribution in [3.63, 3.8) is 0 Å². The molecular formula is C12H15F3N2O3S. The molecule has 1 aromatic rings. The summed E-state index contributed by atoms with van der Waals surface area (Å²) in [7, 11) is -3.75. The Morgan fingerprint density at radius 1 is 1.24 bits per heavy atom. The molecule has 2 rings (SSSR count). The maximum absolute atomic E-state index is 12.3. The van der Waals surface area contributed by atoms with Crippen LogP contribution in [-0.2, 0) is 10.0 Å². The Hall–Kier alpha value is -1.32. The van der Waals surface area contributed by atoms with Crippen LogP contribution in [0.5, 0.6) is 5.75 Å². The molecule has 0 amide bonds. The van der Waals surface area contributed by atoms with E-state index >= 15 is 0 Å². The summed E-state index contributed by atoms with van der Waals surface area (Å²) in [6.07, 6.45) is -4.81. The Morgan fingerprint density at radius 2 is 1.81 bits per heavy atom. The van der Waals surface area contributed by atoms with Gasteiger partial charge in [0.2, 0.25) is 10.0 Å². The molecule has 1 saturated heterocycles.